The molecule has 154 valence electrons. The highest BCUT2D eigenvalue weighted by Crippen LogP contribution is 2.28. The molecule has 7 heteroatoms. The molecule has 29 heavy (non-hydrogen) atoms. The van der Waals surface area contributed by atoms with Crippen molar-refractivity contribution < 1.29 is 14.7 Å². The van der Waals surface area contributed by atoms with E-state index in [1.165, 1.54) is 11.8 Å². The maximum atomic E-state index is 13.1. The molecule has 3 rings (SSSR count). The number of likely N-dealkylation sites (tertiary alicyclic amines) is 1. The lowest BCUT2D eigenvalue weighted by Crippen LogP contribution is -2.52. The molecule has 2 aromatic carbocycles. The predicted molar refractivity (Wildman–Crippen MR) is 112 cm³/mol. The van der Waals surface area contributed by atoms with Gasteiger partial charge < -0.3 is 21.1 Å². The Bertz CT molecular complexity index is 886. The van der Waals surface area contributed by atoms with E-state index in [0.717, 1.165) is 11.1 Å². The van der Waals surface area contributed by atoms with E-state index >= 15 is 0 Å². The zero-order chi connectivity index (χ0) is 21.0. The molecule has 0 saturated carbocycles. The summed E-state index contributed by atoms with van der Waals surface area (Å²) in [6, 6.07) is 13.5. The first-order valence-electron chi connectivity index (χ1n) is 9.68. The molecule has 1 aliphatic heterocycles. The number of rotatable bonds is 6. The molecule has 0 spiro atoms. The molecule has 0 radical (unpaired) electrons. The minimum atomic E-state index is -1.69. The molecule has 0 unspecified atom stereocenters. The zero-order valence-electron chi connectivity index (χ0n) is 16.4. The lowest BCUT2D eigenvalue weighted by atomic mass is 9.94. The molecule has 2 aromatic rings. The van der Waals surface area contributed by atoms with Gasteiger partial charge in [0.2, 0.25) is 5.91 Å². The van der Waals surface area contributed by atoms with Gasteiger partial charge in [-0.2, -0.15) is 0 Å². The summed E-state index contributed by atoms with van der Waals surface area (Å²) in [6.45, 7) is 2.53. The molecule has 2 atom stereocenters. The first-order valence-corrected chi connectivity index (χ1v) is 10.1. The molecule has 1 heterocycles. The van der Waals surface area contributed by atoms with E-state index in [0.29, 0.717) is 36.5 Å². The molecule has 0 aliphatic carbocycles. The standard InChI is InChI=1S/C22H26ClN3O3/c1-22(29,17-6-3-2-4-7-17)21(28)26-11-5-8-19(26)20(27)25-14-16-12-18(23)10-9-15(16)13-24/h2-4,6-7,9-10,12,19,29H,5,8,11,13-14,24H2,1H3,(H,25,27)/t19-,22+/m0/s1. The zero-order valence-corrected chi connectivity index (χ0v) is 17.2. The van der Waals surface area contributed by atoms with Crippen LogP contribution in [0.1, 0.15) is 36.5 Å². The van der Waals surface area contributed by atoms with E-state index in [4.69, 9.17) is 17.3 Å². The number of aliphatic hydroxyl groups is 1. The molecular weight excluding hydrogens is 390 g/mol. The first-order chi connectivity index (χ1) is 13.8. The number of nitrogens with two attached hydrogens (primary N) is 1. The first kappa shape index (κ1) is 21.3. The normalized spacial score (nSPS) is 18.3. The van der Waals surface area contributed by atoms with Crippen LogP contribution in [0.25, 0.3) is 0 Å². The third kappa shape index (κ3) is 4.61. The van der Waals surface area contributed by atoms with Crippen molar-refractivity contribution in [2.45, 2.75) is 44.5 Å². The average molecular weight is 416 g/mol. The Morgan fingerprint density at radius 3 is 2.66 bits per heavy atom. The van der Waals surface area contributed by atoms with Crippen LogP contribution >= 0.6 is 11.6 Å². The predicted octanol–water partition coefficient (Wildman–Crippen LogP) is 2.31. The summed E-state index contributed by atoms with van der Waals surface area (Å²) in [5.74, 6) is -0.714. The summed E-state index contributed by atoms with van der Waals surface area (Å²) in [7, 11) is 0. The van der Waals surface area contributed by atoms with Crippen LogP contribution in [0.3, 0.4) is 0 Å². The van der Waals surface area contributed by atoms with Crippen molar-refractivity contribution in [3.05, 3.63) is 70.2 Å². The summed E-state index contributed by atoms with van der Waals surface area (Å²) in [6.07, 6.45) is 1.27. The van der Waals surface area contributed by atoms with E-state index in [9.17, 15) is 14.7 Å². The van der Waals surface area contributed by atoms with Crippen LogP contribution in [0.15, 0.2) is 48.5 Å². The Morgan fingerprint density at radius 2 is 1.97 bits per heavy atom. The van der Waals surface area contributed by atoms with Gasteiger partial charge in [-0.1, -0.05) is 48.0 Å². The van der Waals surface area contributed by atoms with Crippen LogP contribution in [0.2, 0.25) is 5.02 Å². The highest BCUT2D eigenvalue weighted by molar-refractivity contribution is 6.30. The average Bonchev–Trinajstić information content (AvgIpc) is 3.22. The van der Waals surface area contributed by atoms with E-state index in [1.807, 2.05) is 12.1 Å². The monoisotopic (exact) mass is 415 g/mol. The van der Waals surface area contributed by atoms with Gasteiger partial charge in [-0.3, -0.25) is 9.59 Å². The SMILES string of the molecule is C[C@](O)(C(=O)N1CCC[C@H]1C(=O)NCc1cc(Cl)ccc1CN)c1ccccc1. The molecular formula is C22H26ClN3O3. The van der Waals surface area contributed by atoms with Crippen LogP contribution in [0.4, 0.5) is 0 Å². The number of hydrogen-bond acceptors (Lipinski definition) is 4. The third-order valence-electron chi connectivity index (χ3n) is 5.41. The van der Waals surface area contributed by atoms with Crippen molar-refractivity contribution in [2.24, 2.45) is 5.73 Å². The highest BCUT2D eigenvalue weighted by Gasteiger charge is 2.42. The van der Waals surface area contributed by atoms with E-state index < -0.39 is 17.6 Å². The minimum absolute atomic E-state index is 0.248. The van der Waals surface area contributed by atoms with Gasteiger partial charge in [0.15, 0.2) is 5.60 Å². The summed E-state index contributed by atoms with van der Waals surface area (Å²) in [5.41, 5.74) is 6.32. The summed E-state index contributed by atoms with van der Waals surface area (Å²) >= 11 is 6.06. The summed E-state index contributed by atoms with van der Waals surface area (Å²) < 4.78 is 0. The van der Waals surface area contributed by atoms with E-state index in [2.05, 4.69) is 5.32 Å². The smallest absolute Gasteiger partial charge is 0.259 e. The Hall–Kier alpha value is -2.41. The third-order valence-corrected chi connectivity index (χ3v) is 5.65. The second-order valence-corrected chi connectivity index (χ2v) is 7.87. The van der Waals surface area contributed by atoms with Crippen molar-refractivity contribution in [3.8, 4) is 0 Å². The molecule has 1 saturated heterocycles. The molecule has 0 bridgehead atoms. The second-order valence-electron chi connectivity index (χ2n) is 7.43. The Kier molecular flexibility index (Phi) is 6.57. The van der Waals surface area contributed by atoms with Crippen LogP contribution in [0.5, 0.6) is 0 Å². The van der Waals surface area contributed by atoms with Gasteiger partial charge in [0.05, 0.1) is 0 Å². The molecule has 6 nitrogen and oxygen atoms in total. The Balaban J connectivity index is 1.71. The number of nitrogens with zero attached hydrogens (tertiary/aromatic N) is 1. The Morgan fingerprint density at radius 1 is 1.24 bits per heavy atom. The van der Waals surface area contributed by atoms with E-state index in [1.54, 1.807) is 36.4 Å². The molecule has 2 amide bonds. The van der Waals surface area contributed by atoms with Crippen LogP contribution < -0.4 is 11.1 Å². The number of nitrogens with one attached hydrogen (secondary N) is 1. The van der Waals surface area contributed by atoms with Crippen molar-refractivity contribution >= 4 is 23.4 Å². The summed E-state index contributed by atoms with van der Waals surface area (Å²) in [4.78, 5) is 27.4. The quantitative estimate of drug-likeness (QED) is 0.674. The van der Waals surface area contributed by atoms with Crippen LogP contribution in [0, 0.1) is 0 Å². The number of halogens is 1. The lowest BCUT2D eigenvalue weighted by Gasteiger charge is -2.32. The van der Waals surface area contributed by atoms with Gasteiger partial charge in [0.25, 0.3) is 5.91 Å². The van der Waals surface area contributed by atoms with Crippen molar-refractivity contribution in [1.29, 1.82) is 0 Å². The van der Waals surface area contributed by atoms with Crippen molar-refractivity contribution in [3.63, 3.8) is 0 Å². The van der Waals surface area contributed by atoms with Crippen LogP contribution in [-0.4, -0.2) is 34.4 Å². The van der Waals surface area contributed by atoms with Crippen molar-refractivity contribution in [2.75, 3.05) is 6.54 Å². The van der Waals surface area contributed by atoms with Gasteiger partial charge in [-0.05, 0) is 48.6 Å². The summed E-state index contributed by atoms with van der Waals surface area (Å²) in [5, 5.41) is 14.3. The molecule has 4 N–H and O–H groups in total. The number of amides is 2. The number of hydrogen-bond donors (Lipinski definition) is 3. The fourth-order valence-corrected chi connectivity index (χ4v) is 3.90. The fourth-order valence-electron chi connectivity index (χ4n) is 3.71. The molecule has 0 aromatic heterocycles. The Labute approximate surface area is 175 Å². The van der Waals surface area contributed by atoms with Crippen LogP contribution in [-0.2, 0) is 28.3 Å². The van der Waals surface area contributed by atoms with Gasteiger partial charge in [0.1, 0.15) is 6.04 Å². The van der Waals surface area contributed by atoms with Gasteiger partial charge in [0, 0.05) is 24.7 Å². The number of carbonyl (C=O) groups excluding carboxylic acids is 2. The fraction of sp³-hybridized carbons (Fsp3) is 0.364. The largest absolute Gasteiger partial charge is 0.376 e. The number of benzene rings is 2. The molecule has 1 aliphatic rings. The highest BCUT2D eigenvalue weighted by atomic mass is 35.5. The van der Waals surface area contributed by atoms with Gasteiger partial charge >= 0.3 is 0 Å². The minimum Gasteiger partial charge on any atom is -0.376 e. The number of carbonyl (C=O) groups is 2. The maximum Gasteiger partial charge on any atom is 0.259 e. The van der Waals surface area contributed by atoms with Crippen molar-refractivity contribution in [1.82, 2.24) is 10.2 Å². The second kappa shape index (κ2) is 8.95. The van der Waals surface area contributed by atoms with E-state index in [-0.39, 0.29) is 12.5 Å². The van der Waals surface area contributed by atoms with Gasteiger partial charge in [-0.25, -0.2) is 0 Å². The van der Waals surface area contributed by atoms with Gasteiger partial charge in [-0.15, -0.1) is 0 Å². The topological polar surface area (TPSA) is 95.7 Å². The molecule has 1 fully saturated rings. The maximum absolute atomic E-state index is 13.1. The lowest BCUT2D eigenvalue weighted by molar-refractivity contribution is -0.154.